The Balaban J connectivity index is 1.26. The number of pyridine rings is 1. The van der Waals surface area contributed by atoms with Gasteiger partial charge in [-0.15, -0.1) is 0 Å². The van der Waals surface area contributed by atoms with Crippen LogP contribution >= 0.6 is 0 Å². The van der Waals surface area contributed by atoms with Crippen LogP contribution in [0, 0.1) is 0 Å². The first-order valence-corrected chi connectivity index (χ1v) is 13.5. The van der Waals surface area contributed by atoms with Gasteiger partial charge in [0.15, 0.2) is 5.43 Å². The SMILES string of the molecule is O=c1cc(NCC(CNC(Cc2ccccc2)c2c[nH]c3ccccc23)c2ccccc2)[nH]c2ccccc12. The van der Waals surface area contributed by atoms with Gasteiger partial charge in [-0.25, -0.2) is 0 Å². The van der Waals surface area contributed by atoms with Gasteiger partial charge in [0.1, 0.15) is 5.82 Å². The second-order valence-corrected chi connectivity index (χ2v) is 10.0. The number of para-hydroxylation sites is 2. The molecule has 5 heteroatoms. The van der Waals surface area contributed by atoms with Crippen molar-refractivity contribution in [2.75, 3.05) is 18.4 Å². The predicted molar refractivity (Wildman–Crippen MR) is 161 cm³/mol. The Bertz CT molecular complexity index is 1720. The van der Waals surface area contributed by atoms with Gasteiger partial charge >= 0.3 is 0 Å². The molecule has 4 aromatic carbocycles. The molecule has 0 fully saturated rings. The molecule has 6 aromatic rings. The number of aromatic nitrogens is 2. The molecule has 2 unspecified atom stereocenters. The van der Waals surface area contributed by atoms with Crippen LogP contribution in [0.3, 0.4) is 0 Å². The van der Waals surface area contributed by atoms with Gasteiger partial charge in [0.2, 0.25) is 0 Å². The smallest absolute Gasteiger partial charge is 0.191 e. The molecule has 0 bridgehead atoms. The van der Waals surface area contributed by atoms with E-state index in [2.05, 4.69) is 106 Å². The first kappa shape index (κ1) is 24.7. The highest BCUT2D eigenvalue weighted by molar-refractivity contribution is 5.83. The maximum absolute atomic E-state index is 12.7. The van der Waals surface area contributed by atoms with Gasteiger partial charge in [0, 0.05) is 53.6 Å². The van der Waals surface area contributed by atoms with E-state index in [0.29, 0.717) is 11.9 Å². The third-order valence-electron chi connectivity index (χ3n) is 7.44. The summed E-state index contributed by atoms with van der Waals surface area (Å²) < 4.78 is 0. The van der Waals surface area contributed by atoms with Gasteiger partial charge in [0.05, 0.1) is 5.52 Å². The van der Waals surface area contributed by atoms with E-state index in [9.17, 15) is 4.79 Å². The number of H-pyrrole nitrogens is 2. The van der Waals surface area contributed by atoms with E-state index in [1.165, 1.54) is 22.1 Å². The number of nitrogens with one attached hydrogen (secondary N) is 4. The summed E-state index contributed by atoms with van der Waals surface area (Å²) in [7, 11) is 0. The molecule has 0 aliphatic rings. The van der Waals surface area contributed by atoms with Crippen molar-refractivity contribution in [3.8, 4) is 0 Å². The molecule has 39 heavy (non-hydrogen) atoms. The van der Waals surface area contributed by atoms with Crippen LogP contribution in [0.1, 0.15) is 28.7 Å². The van der Waals surface area contributed by atoms with Crippen molar-refractivity contribution in [3.63, 3.8) is 0 Å². The number of hydrogen-bond donors (Lipinski definition) is 4. The number of benzene rings is 4. The summed E-state index contributed by atoms with van der Waals surface area (Å²) in [5, 5.41) is 9.36. The molecule has 0 saturated carbocycles. The summed E-state index contributed by atoms with van der Waals surface area (Å²) >= 11 is 0. The molecule has 0 aliphatic heterocycles. The van der Waals surface area contributed by atoms with Crippen LogP contribution in [0.4, 0.5) is 5.82 Å². The standard InChI is InChI=1S/C34H32N4O/c39-33-20-34(38-31-18-10-8-16-28(31)33)37-22-26(25-13-5-2-6-14-25)21-35-32(19-24-11-3-1-4-12-24)29-23-36-30-17-9-7-15-27(29)30/h1-18,20,23,26,32,35-36H,19,21-22H2,(H2,37,38,39). The van der Waals surface area contributed by atoms with Crippen LogP contribution in [-0.2, 0) is 6.42 Å². The molecule has 2 atom stereocenters. The van der Waals surface area contributed by atoms with E-state index in [1.807, 2.05) is 30.3 Å². The minimum absolute atomic E-state index is 0.0171. The quantitative estimate of drug-likeness (QED) is 0.164. The highest BCUT2D eigenvalue weighted by Crippen LogP contribution is 2.28. The van der Waals surface area contributed by atoms with Crippen molar-refractivity contribution in [1.82, 2.24) is 15.3 Å². The van der Waals surface area contributed by atoms with Crippen molar-refractivity contribution in [2.24, 2.45) is 0 Å². The van der Waals surface area contributed by atoms with Gasteiger partial charge in [-0.2, -0.15) is 0 Å². The Morgan fingerprint density at radius 2 is 1.36 bits per heavy atom. The zero-order valence-electron chi connectivity index (χ0n) is 21.7. The van der Waals surface area contributed by atoms with Crippen LogP contribution in [0.25, 0.3) is 21.8 Å². The van der Waals surface area contributed by atoms with E-state index < -0.39 is 0 Å². The molecule has 0 aliphatic carbocycles. The first-order valence-electron chi connectivity index (χ1n) is 13.5. The topological polar surface area (TPSA) is 72.7 Å². The molecular weight excluding hydrogens is 480 g/mol. The summed E-state index contributed by atoms with van der Waals surface area (Å²) in [4.78, 5) is 19.5. The van der Waals surface area contributed by atoms with E-state index in [1.54, 1.807) is 6.07 Å². The molecular formula is C34H32N4O. The van der Waals surface area contributed by atoms with Crippen LogP contribution in [0.5, 0.6) is 0 Å². The van der Waals surface area contributed by atoms with E-state index >= 15 is 0 Å². The Kier molecular flexibility index (Phi) is 7.23. The second kappa shape index (κ2) is 11.4. The van der Waals surface area contributed by atoms with E-state index in [4.69, 9.17) is 0 Å². The summed E-state index contributed by atoms with van der Waals surface area (Å²) in [6, 6.07) is 39.1. The van der Waals surface area contributed by atoms with Gasteiger partial charge in [-0.05, 0) is 41.3 Å². The summed E-state index contributed by atoms with van der Waals surface area (Å²) in [6.07, 6.45) is 3.02. The normalized spacial score (nSPS) is 12.9. The summed E-state index contributed by atoms with van der Waals surface area (Å²) in [5.41, 5.74) is 5.82. The molecule has 6 rings (SSSR count). The average molecular weight is 513 g/mol. The van der Waals surface area contributed by atoms with Crippen molar-refractivity contribution < 1.29 is 0 Å². The number of anilines is 1. The van der Waals surface area contributed by atoms with Crippen molar-refractivity contribution in [2.45, 2.75) is 18.4 Å². The predicted octanol–water partition coefficient (Wildman–Crippen LogP) is 6.78. The molecule has 0 saturated heterocycles. The van der Waals surface area contributed by atoms with Crippen LogP contribution in [-0.4, -0.2) is 23.1 Å². The van der Waals surface area contributed by atoms with Crippen molar-refractivity contribution >= 4 is 27.6 Å². The minimum atomic E-state index is 0.0171. The molecule has 5 nitrogen and oxygen atoms in total. The molecule has 4 N–H and O–H groups in total. The van der Waals surface area contributed by atoms with Crippen molar-refractivity contribution in [1.29, 1.82) is 0 Å². The zero-order chi connectivity index (χ0) is 26.4. The monoisotopic (exact) mass is 512 g/mol. The lowest BCUT2D eigenvalue weighted by Crippen LogP contribution is -2.31. The number of hydrogen-bond acceptors (Lipinski definition) is 3. The maximum Gasteiger partial charge on any atom is 0.191 e. The lowest BCUT2D eigenvalue weighted by molar-refractivity contribution is 0.500. The lowest BCUT2D eigenvalue weighted by Gasteiger charge is -2.24. The molecule has 0 amide bonds. The molecule has 2 aromatic heterocycles. The largest absolute Gasteiger partial charge is 0.371 e. The van der Waals surface area contributed by atoms with Gasteiger partial charge in [-0.3, -0.25) is 4.79 Å². The van der Waals surface area contributed by atoms with Crippen LogP contribution in [0.2, 0.25) is 0 Å². The fraction of sp³-hybridized carbons (Fsp3) is 0.147. The van der Waals surface area contributed by atoms with Crippen LogP contribution in [0.15, 0.2) is 126 Å². The molecule has 194 valence electrons. The highest BCUT2D eigenvalue weighted by Gasteiger charge is 2.19. The van der Waals surface area contributed by atoms with Crippen molar-refractivity contribution in [3.05, 3.63) is 148 Å². The highest BCUT2D eigenvalue weighted by atomic mass is 16.1. The first-order chi connectivity index (χ1) is 19.2. The lowest BCUT2D eigenvalue weighted by atomic mass is 9.95. The van der Waals surface area contributed by atoms with Gasteiger partial charge in [-0.1, -0.05) is 91.0 Å². The zero-order valence-corrected chi connectivity index (χ0v) is 21.7. The fourth-order valence-electron chi connectivity index (χ4n) is 5.37. The fourth-order valence-corrected chi connectivity index (χ4v) is 5.37. The third kappa shape index (κ3) is 5.64. The number of rotatable bonds is 10. The number of fused-ring (bicyclic) bond motifs is 2. The van der Waals surface area contributed by atoms with Gasteiger partial charge < -0.3 is 20.6 Å². The van der Waals surface area contributed by atoms with Gasteiger partial charge in [0.25, 0.3) is 0 Å². The maximum atomic E-state index is 12.7. The molecule has 0 spiro atoms. The van der Waals surface area contributed by atoms with E-state index in [0.717, 1.165) is 29.8 Å². The van der Waals surface area contributed by atoms with E-state index in [-0.39, 0.29) is 17.4 Å². The van der Waals surface area contributed by atoms with Crippen LogP contribution < -0.4 is 16.1 Å². The Morgan fingerprint density at radius 3 is 2.15 bits per heavy atom. The summed E-state index contributed by atoms with van der Waals surface area (Å²) in [6.45, 7) is 1.45. The minimum Gasteiger partial charge on any atom is -0.371 e. The average Bonchev–Trinajstić information content (AvgIpc) is 3.42. The molecule has 0 radical (unpaired) electrons. The number of aromatic amines is 2. The molecule has 2 heterocycles. The Hall–Kier alpha value is -4.61. The Morgan fingerprint density at radius 1 is 0.692 bits per heavy atom. The Labute approximate surface area is 227 Å². The second-order valence-electron chi connectivity index (χ2n) is 10.0. The summed E-state index contributed by atoms with van der Waals surface area (Å²) in [5.74, 6) is 0.918. The third-order valence-corrected chi connectivity index (χ3v) is 7.44.